The Morgan fingerprint density at radius 2 is 1.93 bits per heavy atom. The summed E-state index contributed by atoms with van der Waals surface area (Å²) in [6.07, 6.45) is 1.91. The average Bonchev–Trinajstić information content (AvgIpc) is 2.99. The number of fused-ring (bicyclic) bond motifs is 2. The largest absolute Gasteiger partial charge is 0.490 e. The SMILES string of the molecule is Cc1ncnc(C)c1C(=O)N[C@H]1C[C@H]2COc3ccccc3S(=O)(=O)N2C1. The number of carbonyl (C=O) groups excluding carboxylic acids is 1. The molecule has 2 aromatic rings. The molecule has 1 aromatic carbocycles. The predicted molar refractivity (Wildman–Crippen MR) is 97.0 cm³/mol. The number of nitrogens with zero attached hydrogens (tertiary/aromatic N) is 3. The van der Waals surface area contributed by atoms with Crippen LogP contribution in [0, 0.1) is 13.8 Å². The van der Waals surface area contributed by atoms with Gasteiger partial charge in [-0.05, 0) is 32.4 Å². The smallest absolute Gasteiger partial charge is 0.255 e. The van der Waals surface area contributed by atoms with Crippen LogP contribution in [-0.4, -0.2) is 53.8 Å². The van der Waals surface area contributed by atoms with Crippen LogP contribution in [0.15, 0.2) is 35.5 Å². The van der Waals surface area contributed by atoms with Crippen LogP contribution in [0.4, 0.5) is 0 Å². The van der Waals surface area contributed by atoms with Crippen LogP contribution >= 0.6 is 0 Å². The maximum absolute atomic E-state index is 13.0. The Morgan fingerprint density at radius 3 is 2.67 bits per heavy atom. The molecule has 1 amide bonds. The Kier molecular flexibility index (Phi) is 4.35. The Bertz CT molecular complexity index is 988. The minimum absolute atomic E-state index is 0.169. The number of aromatic nitrogens is 2. The summed E-state index contributed by atoms with van der Waals surface area (Å²) in [7, 11) is -3.67. The fourth-order valence-corrected chi connectivity index (χ4v) is 5.51. The molecular weight excluding hydrogens is 368 g/mol. The molecular formula is C18H20N4O4S. The van der Waals surface area contributed by atoms with Gasteiger partial charge in [0.25, 0.3) is 5.91 Å². The van der Waals surface area contributed by atoms with Crippen LogP contribution in [0.5, 0.6) is 5.75 Å². The van der Waals surface area contributed by atoms with Crippen molar-refractivity contribution in [2.75, 3.05) is 13.2 Å². The van der Waals surface area contributed by atoms with E-state index in [-0.39, 0.29) is 36.0 Å². The third-order valence-corrected chi connectivity index (χ3v) is 6.98. The minimum atomic E-state index is -3.67. The van der Waals surface area contributed by atoms with Gasteiger partial charge >= 0.3 is 0 Å². The normalized spacial score (nSPS) is 23.6. The molecule has 0 unspecified atom stereocenters. The summed E-state index contributed by atoms with van der Waals surface area (Å²) in [6.45, 7) is 3.97. The fourth-order valence-electron chi connectivity index (χ4n) is 3.71. The van der Waals surface area contributed by atoms with E-state index in [2.05, 4.69) is 15.3 Å². The van der Waals surface area contributed by atoms with Gasteiger partial charge in [0.15, 0.2) is 0 Å². The second kappa shape index (κ2) is 6.58. The number of amides is 1. The molecule has 0 saturated carbocycles. The molecule has 2 atom stereocenters. The first kappa shape index (κ1) is 17.9. The molecule has 4 rings (SSSR count). The molecule has 0 aliphatic carbocycles. The Hall–Kier alpha value is -2.52. The van der Waals surface area contributed by atoms with Gasteiger partial charge in [-0.25, -0.2) is 18.4 Å². The van der Waals surface area contributed by atoms with Crippen molar-refractivity contribution in [1.29, 1.82) is 0 Å². The zero-order chi connectivity index (χ0) is 19.2. The van der Waals surface area contributed by atoms with Gasteiger partial charge in [-0.3, -0.25) is 4.79 Å². The standard InChI is InChI=1S/C18H20N4O4S/c1-11-17(12(2)20-10-19-11)18(23)21-13-7-14-9-26-15-5-3-4-6-16(15)27(24,25)22(14)8-13/h3-6,10,13-14H,7-9H2,1-2H3,(H,21,23)/t13-,14-/m0/s1. The molecule has 1 aromatic heterocycles. The predicted octanol–water partition coefficient (Wildman–Crippen LogP) is 1.05. The number of hydrogen-bond donors (Lipinski definition) is 1. The first-order chi connectivity index (χ1) is 12.9. The quantitative estimate of drug-likeness (QED) is 0.825. The molecule has 1 saturated heterocycles. The minimum Gasteiger partial charge on any atom is -0.490 e. The van der Waals surface area contributed by atoms with Gasteiger partial charge in [-0.15, -0.1) is 0 Å². The molecule has 2 aliphatic rings. The first-order valence-electron chi connectivity index (χ1n) is 8.70. The first-order valence-corrected chi connectivity index (χ1v) is 10.1. The summed E-state index contributed by atoms with van der Waals surface area (Å²) in [6, 6.07) is 6.02. The fraction of sp³-hybridized carbons (Fsp3) is 0.389. The van der Waals surface area contributed by atoms with Crippen molar-refractivity contribution in [2.24, 2.45) is 0 Å². The van der Waals surface area contributed by atoms with Crippen molar-refractivity contribution in [3.63, 3.8) is 0 Å². The van der Waals surface area contributed by atoms with E-state index in [1.165, 1.54) is 10.6 Å². The van der Waals surface area contributed by atoms with E-state index in [0.717, 1.165) is 0 Å². The maximum atomic E-state index is 13.0. The van der Waals surface area contributed by atoms with E-state index >= 15 is 0 Å². The molecule has 2 aliphatic heterocycles. The van der Waals surface area contributed by atoms with E-state index in [9.17, 15) is 13.2 Å². The molecule has 3 heterocycles. The number of benzene rings is 1. The van der Waals surface area contributed by atoms with E-state index < -0.39 is 10.0 Å². The summed E-state index contributed by atoms with van der Waals surface area (Å²) in [5.41, 5.74) is 1.62. The van der Waals surface area contributed by atoms with Crippen molar-refractivity contribution >= 4 is 15.9 Å². The molecule has 1 fully saturated rings. The number of sulfonamides is 1. The van der Waals surface area contributed by atoms with Crippen LogP contribution in [-0.2, 0) is 10.0 Å². The lowest BCUT2D eigenvalue weighted by atomic mass is 10.1. The van der Waals surface area contributed by atoms with Crippen LogP contribution in [0.1, 0.15) is 28.2 Å². The number of para-hydroxylation sites is 1. The highest BCUT2D eigenvalue weighted by Gasteiger charge is 2.44. The summed E-state index contributed by atoms with van der Waals surface area (Å²) >= 11 is 0. The Morgan fingerprint density at radius 1 is 1.22 bits per heavy atom. The monoisotopic (exact) mass is 388 g/mol. The topological polar surface area (TPSA) is 101 Å². The lowest BCUT2D eigenvalue weighted by Crippen LogP contribution is -2.40. The van der Waals surface area contributed by atoms with E-state index in [1.54, 1.807) is 38.1 Å². The summed E-state index contributed by atoms with van der Waals surface area (Å²) in [4.78, 5) is 21.0. The zero-order valence-corrected chi connectivity index (χ0v) is 15.9. The Balaban J connectivity index is 1.56. The van der Waals surface area contributed by atoms with Gasteiger partial charge < -0.3 is 10.1 Å². The van der Waals surface area contributed by atoms with Crippen molar-refractivity contribution in [1.82, 2.24) is 19.6 Å². The zero-order valence-electron chi connectivity index (χ0n) is 15.0. The number of ether oxygens (including phenoxy) is 1. The molecule has 1 N–H and O–H groups in total. The van der Waals surface area contributed by atoms with Crippen molar-refractivity contribution in [2.45, 2.75) is 37.2 Å². The summed E-state index contributed by atoms with van der Waals surface area (Å²) in [5, 5.41) is 2.93. The van der Waals surface area contributed by atoms with Crippen LogP contribution in [0.2, 0.25) is 0 Å². The third kappa shape index (κ3) is 3.06. The van der Waals surface area contributed by atoms with Gasteiger partial charge in [-0.1, -0.05) is 12.1 Å². The van der Waals surface area contributed by atoms with Gasteiger partial charge in [0.1, 0.15) is 23.6 Å². The molecule has 0 bridgehead atoms. The van der Waals surface area contributed by atoms with Gasteiger partial charge in [-0.2, -0.15) is 4.31 Å². The van der Waals surface area contributed by atoms with Gasteiger partial charge in [0.2, 0.25) is 10.0 Å². The van der Waals surface area contributed by atoms with Crippen LogP contribution in [0.3, 0.4) is 0 Å². The summed E-state index contributed by atoms with van der Waals surface area (Å²) in [5.74, 6) is 0.0899. The highest BCUT2D eigenvalue weighted by molar-refractivity contribution is 7.89. The number of hydrogen-bond acceptors (Lipinski definition) is 6. The molecule has 142 valence electrons. The van der Waals surface area contributed by atoms with E-state index in [4.69, 9.17) is 4.74 Å². The lowest BCUT2D eigenvalue weighted by molar-refractivity contribution is 0.0936. The van der Waals surface area contributed by atoms with Crippen LogP contribution in [0.25, 0.3) is 0 Å². The number of aryl methyl sites for hydroxylation is 2. The molecule has 9 heteroatoms. The van der Waals surface area contributed by atoms with Crippen LogP contribution < -0.4 is 10.1 Å². The molecule has 0 spiro atoms. The summed E-state index contributed by atoms with van der Waals surface area (Å²) < 4.78 is 33.2. The average molecular weight is 388 g/mol. The Labute approximate surface area is 157 Å². The van der Waals surface area contributed by atoms with Crippen molar-refractivity contribution < 1.29 is 17.9 Å². The highest BCUT2D eigenvalue weighted by Crippen LogP contribution is 2.35. The second-order valence-electron chi connectivity index (χ2n) is 6.81. The third-order valence-electron chi connectivity index (χ3n) is 5.02. The second-order valence-corrected chi connectivity index (χ2v) is 8.67. The lowest BCUT2D eigenvalue weighted by Gasteiger charge is -2.19. The maximum Gasteiger partial charge on any atom is 0.255 e. The van der Waals surface area contributed by atoms with Crippen molar-refractivity contribution in [3.05, 3.63) is 47.5 Å². The number of carbonyl (C=O) groups is 1. The van der Waals surface area contributed by atoms with Gasteiger partial charge in [0, 0.05) is 12.6 Å². The van der Waals surface area contributed by atoms with Gasteiger partial charge in [0.05, 0.1) is 23.0 Å². The van der Waals surface area contributed by atoms with E-state index in [0.29, 0.717) is 29.1 Å². The molecule has 27 heavy (non-hydrogen) atoms. The van der Waals surface area contributed by atoms with Crippen molar-refractivity contribution in [3.8, 4) is 5.75 Å². The van der Waals surface area contributed by atoms with E-state index in [1.807, 2.05) is 0 Å². The molecule has 8 nitrogen and oxygen atoms in total. The highest BCUT2D eigenvalue weighted by atomic mass is 32.2. The number of rotatable bonds is 2. The molecule has 0 radical (unpaired) electrons. The number of nitrogens with one attached hydrogen (secondary N) is 1.